The van der Waals surface area contributed by atoms with Gasteiger partial charge in [0.05, 0.1) is 12.1 Å². The third-order valence-corrected chi connectivity index (χ3v) is 4.13. The van der Waals surface area contributed by atoms with Gasteiger partial charge in [-0.15, -0.1) is 0 Å². The Bertz CT molecular complexity index is 683. The van der Waals surface area contributed by atoms with Gasteiger partial charge in [-0.3, -0.25) is 19.8 Å². The van der Waals surface area contributed by atoms with E-state index in [2.05, 4.69) is 30.4 Å². The molecule has 23 heavy (non-hydrogen) atoms. The molecule has 0 aliphatic carbocycles. The second-order valence-electron chi connectivity index (χ2n) is 6.08. The topological polar surface area (TPSA) is 86.8 Å². The number of carbonyl (C=O) groups is 1. The SMILES string of the molecule is Cc1nc(CN2CCCC(NC(=O)c3cnccc3C)C2)n[nH]1. The molecule has 7 heteroatoms. The highest BCUT2D eigenvalue weighted by Gasteiger charge is 2.23. The maximum atomic E-state index is 12.4. The van der Waals surface area contributed by atoms with Crippen LogP contribution >= 0.6 is 0 Å². The van der Waals surface area contributed by atoms with Gasteiger partial charge in [-0.05, 0) is 44.9 Å². The molecule has 0 saturated carbocycles. The fourth-order valence-corrected chi connectivity index (χ4v) is 2.94. The number of carbonyl (C=O) groups excluding carboxylic acids is 1. The molecule has 0 radical (unpaired) electrons. The summed E-state index contributed by atoms with van der Waals surface area (Å²) in [6.45, 7) is 6.36. The Labute approximate surface area is 135 Å². The smallest absolute Gasteiger partial charge is 0.253 e. The fourth-order valence-electron chi connectivity index (χ4n) is 2.94. The third kappa shape index (κ3) is 3.92. The fraction of sp³-hybridized carbons (Fsp3) is 0.500. The van der Waals surface area contributed by atoms with Gasteiger partial charge in [0.2, 0.25) is 0 Å². The lowest BCUT2D eigenvalue weighted by Crippen LogP contribution is -2.47. The second-order valence-corrected chi connectivity index (χ2v) is 6.08. The summed E-state index contributed by atoms with van der Waals surface area (Å²) in [4.78, 5) is 23.1. The number of likely N-dealkylation sites (tertiary alicyclic amines) is 1. The molecule has 1 unspecified atom stereocenters. The van der Waals surface area contributed by atoms with Gasteiger partial charge in [-0.2, -0.15) is 5.10 Å². The van der Waals surface area contributed by atoms with Crippen LogP contribution in [0.3, 0.4) is 0 Å². The Hall–Kier alpha value is -2.28. The highest BCUT2D eigenvalue weighted by molar-refractivity contribution is 5.95. The number of H-pyrrole nitrogens is 1. The highest BCUT2D eigenvalue weighted by atomic mass is 16.1. The number of amides is 1. The van der Waals surface area contributed by atoms with Gasteiger partial charge in [0.15, 0.2) is 5.82 Å². The molecule has 3 heterocycles. The summed E-state index contributed by atoms with van der Waals surface area (Å²) >= 11 is 0. The van der Waals surface area contributed by atoms with E-state index in [0.29, 0.717) is 12.1 Å². The van der Waals surface area contributed by atoms with Crippen LogP contribution in [0.2, 0.25) is 0 Å². The molecule has 122 valence electrons. The normalized spacial score (nSPS) is 18.8. The zero-order valence-corrected chi connectivity index (χ0v) is 13.5. The minimum Gasteiger partial charge on any atom is -0.348 e. The molecule has 1 aliphatic heterocycles. The number of aromatic amines is 1. The molecule has 1 atom stereocenters. The molecule has 1 aliphatic rings. The maximum Gasteiger partial charge on any atom is 0.253 e. The summed E-state index contributed by atoms with van der Waals surface area (Å²) in [6.07, 6.45) is 5.38. The molecular formula is C16H22N6O. The van der Waals surface area contributed by atoms with Crippen molar-refractivity contribution in [1.82, 2.24) is 30.4 Å². The Morgan fingerprint density at radius 3 is 3.09 bits per heavy atom. The average molecular weight is 314 g/mol. The molecule has 0 bridgehead atoms. The quantitative estimate of drug-likeness (QED) is 0.886. The number of aryl methyl sites for hydroxylation is 2. The van der Waals surface area contributed by atoms with Crippen molar-refractivity contribution in [2.45, 2.75) is 39.3 Å². The monoisotopic (exact) mass is 314 g/mol. The lowest BCUT2D eigenvalue weighted by molar-refractivity contribution is 0.0898. The van der Waals surface area contributed by atoms with Crippen molar-refractivity contribution in [2.24, 2.45) is 0 Å². The molecular weight excluding hydrogens is 292 g/mol. The molecule has 1 amide bonds. The van der Waals surface area contributed by atoms with E-state index in [4.69, 9.17) is 0 Å². The number of nitrogens with one attached hydrogen (secondary N) is 2. The maximum absolute atomic E-state index is 12.4. The molecule has 0 spiro atoms. The van der Waals surface area contributed by atoms with Crippen LogP contribution in [0, 0.1) is 13.8 Å². The Morgan fingerprint density at radius 2 is 2.35 bits per heavy atom. The van der Waals surface area contributed by atoms with Crippen LogP contribution in [0.15, 0.2) is 18.5 Å². The number of nitrogens with zero attached hydrogens (tertiary/aromatic N) is 4. The van der Waals surface area contributed by atoms with Gasteiger partial charge in [0.1, 0.15) is 5.82 Å². The molecule has 2 aromatic heterocycles. The predicted octanol–water partition coefficient (Wildman–Crippen LogP) is 1.21. The van der Waals surface area contributed by atoms with Crippen molar-refractivity contribution in [3.05, 3.63) is 41.2 Å². The van der Waals surface area contributed by atoms with Crippen molar-refractivity contribution in [2.75, 3.05) is 13.1 Å². The van der Waals surface area contributed by atoms with Crippen LogP contribution in [-0.4, -0.2) is 50.1 Å². The standard InChI is InChI=1S/C16H22N6O/c1-11-5-6-17-8-14(11)16(23)19-13-4-3-7-22(9-13)10-15-18-12(2)20-21-15/h5-6,8,13H,3-4,7,9-10H2,1-2H3,(H,19,23)(H,18,20,21). The van der Waals surface area contributed by atoms with E-state index in [1.165, 1.54) is 0 Å². The first-order valence-electron chi connectivity index (χ1n) is 7.93. The first-order valence-corrected chi connectivity index (χ1v) is 7.93. The van der Waals surface area contributed by atoms with E-state index in [0.717, 1.165) is 43.1 Å². The van der Waals surface area contributed by atoms with E-state index in [-0.39, 0.29) is 11.9 Å². The van der Waals surface area contributed by atoms with Gasteiger partial charge in [-0.25, -0.2) is 4.98 Å². The predicted molar refractivity (Wildman–Crippen MR) is 85.9 cm³/mol. The number of hydrogen-bond donors (Lipinski definition) is 2. The summed E-state index contributed by atoms with van der Waals surface area (Å²) in [7, 11) is 0. The molecule has 2 N–H and O–H groups in total. The molecule has 7 nitrogen and oxygen atoms in total. The number of pyridine rings is 1. The lowest BCUT2D eigenvalue weighted by atomic mass is 10.0. The van der Waals surface area contributed by atoms with Crippen molar-refractivity contribution >= 4 is 5.91 Å². The zero-order chi connectivity index (χ0) is 16.2. The Morgan fingerprint density at radius 1 is 1.48 bits per heavy atom. The highest BCUT2D eigenvalue weighted by Crippen LogP contribution is 2.13. The Kier molecular flexibility index (Phi) is 4.66. The summed E-state index contributed by atoms with van der Waals surface area (Å²) in [6, 6.07) is 2.00. The van der Waals surface area contributed by atoms with E-state index < -0.39 is 0 Å². The van der Waals surface area contributed by atoms with Gasteiger partial charge in [-0.1, -0.05) is 0 Å². The zero-order valence-electron chi connectivity index (χ0n) is 13.5. The van der Waals surface area contributed by atoms with E-state index in [9.17, 15) is 4.79 Å². The van der Waals surface area contributed by atoms with Crippen LogP contribution in [-0.2, 0) is 6.54 Å². The molecule has 1 saturated heterocycles. The number of hydrogen-bond acceptors (Lipinski definition) is 5. The van der Waals surface area contributed by atoms with Crippen LogP contribution in [0.5, 0.6) is 0 Å². The van der Waals surface area contributed by atoms with E-state index >= 15 is 0 Å². The van der Waals surface area contributed by atoms with E-state index in [1.807, 2.05) is 19.9 Å². The first kappa shape index (κ1) is 15.6. The van der Waals surface area contributed by atoms with Crippen LogP contribution in [0.25, 0.3) is 0 Å². The van der Waals surface area contributed by atoms with Crippen molar-refractivity contribution in [3.63, 3.8) is 0 Å². The number of rotatable bonds is 4. The summed E-state index contributed by atoms with van der Waals surface area (Å²) in [5.74, 6) is 1.59. The van der Waals surface area contributed by atoms with Gasteiger partial charge < -0.3 is 5.32 Å². The molecule has 0 aromatic carbocycles. The minimum atomic E-state index is -0.0452. The van der Waals surface area contributed by atoms with Crippen molar-refractivity contribution < 1.29 is 4.79 Å². The van der Waals surface area contributed by atoms with Crippen molar-refractivity contribution in [3.8, 4) is 0 Å². The van der Waals surface area contributed by atoms with Crippen LogP contribution in [0.1, 0.15) is 40.4 Å². The van der Waals surface area contributed by atoms with Gasteiger partial charge in [0, 0.05) is 25.0 Å². The number of piperidine rings is 1. The van der Waals surface area contributed by atoms with Crippen LogP contribution < -0.4 is 5.32 Å². The minimum absolute atomic E-state index is 0.0452. The second kappa shape index (κ2) is 6.87. The lowest BCUT2D eigenvalue weighted by Gasteiger charge is -2.32. The third-order valence-electron chi connectivity index (χ3n) is 4.13. The molecule has 1 fully saturated rings. The van der Waals surface area contributed by atoms with Gasteiger partial charge in [0.25, 0.3) is 5.91 Å². The van der Waals surface area contributed by atoms with Gasteiger partial charge >= 0.3 is 0 Å². The average Bonchev–Trinajstić information content (AvgIpc) is 2.93. The van der Waals surface area contributed by atoms with Crippen LogP contribution in [0.4, 0.5) is 0 Å². The van der Waals surface area contributed by atoms with E-state index in [1.54, 1.807) is 12.4 Å². The summed E-state index contributed by atoms with van der Waals surface area (Å²) < 4.78 is 0. The Balaban J connectivity index is 1.58. The first-order chi connectivity index (χ1) is 11.1. The summed E-state index contributed by atoms with van der Waals surface area (Å²) in [5, 5.41) is 10.2. The van der Waals surface area contributed by atoms with Crippen molar-refractivity contribution in [1.29, 1.82) is 0 Å². The largest absolute Gasteiger partial charge is 0.348 e. The molecule has 2 aromatic rings. The molecule has 3 rings (SSSR count). The number of aromatic nitrogens is 4. The summed E-state index contributed by atoms with van der Waals surface area (Å²) in [5.41, 5.74) is 1.59.